The summed E-state index contributed by atoms with van der Waals surface area (Å²) in [5, 5.41) is 0.169. The number of nitrogens with two attached hydrogens (primary N) is 1. The van der Waals surface area contributed by atoms with Gasteiger partial charge in [-0.15, -0.1) is 0 Å². The number of fused-ring (bicyclic) bond motifs is 1. The Morgan fingerprint density at radius 1 is 1.12 bits per heavy atom. The Balaban J connectivity index is 2.38. The lowest BCUT2D eigenvalue weighted by atomic mass is 10.0. The van der Waals surface area contributed by atoms with Crippen LogP contribution in [-0.2, 0) is 6.18 Å². The van der Waals surface area contributed by atoms with Gasteiger partial charge in [-0.1, -0.05) is 15.9 Å². The topological polar surface area (TPSA) is 56.2 Å². The Morgan fingerprint density at radius 2 is 1.80 bits per heavy atom. The predicted molar refractivity (Wildman–Crippen MR) is 82.8 cm³/mol. The van der Waals surface area contributed by atoms with Crippen LogP contribution in [0.5, 0.6) is 0 Å². The number of furan rings is 1. The minimum absolute atomic E-state index is 0.0298. The Bertz CT molecular complexity index is 1010. The molecule has 2 N–H and O–H groups in total. The Hall–Kier alpha value is -2.42. The van der Waals surface area contributed by atoms with E-state index in [0.717, 1.165) is 0 Å². The number of amides is 1. The van der Waals surface area contributed by atoms with Crippen LogP contribution in [0, 0.1) is 11.6 Å². The van der Waals surface area contributed by atoms with Crippen LogP contribution in [-0.4, -0.2) is 5.91 Å². The first-order valence-corrected chi connectivity index (χ1v) is 7.47. The zero-order valence-corrected chi connectivity index (χ0v) is 13.6. The van der Waals surface area contributed by atoms with Crippen molar-refractivity contribution in [2.75, 3.05) is 0 Å². The highest BCUT2D eigenvalue weighted by atomic mass is 79.9. The molecular formula is C16H7BrF5NO2. The zero-order chi connectivity index (χ0) is 18.5. The fraction of sp³-hybridized carbons (Fsp3) is 0.0625. The summed E-state index contributed by atoms with van der Waals surface area (Å²) in [6.45, 7) is 0. The van der Waals surface area contributed by atoms with Crippen LogP contribution in [0.15, 0.2) is 39.2 Å². The molecule has 1 amide bonds. The fourth-order valence-corrected chi connectivity index (χ4v) is 2.76. The minimum atomic E-state index is -4.91. The summed E-state index contributed by atoms with van der Waals surface area (Å²) < 4.78 is 72.4. The molecule has 1 heterocycles. The molecule has 0 atom stereocenters. The van der Waals surface area contributed by atoms with Crippen LogP contribution in [0.1, 0.15) is 15.9 Å². The molecule has 0 aliphatic carbocycles. The molecule has 3 aromatic rings. The first-order chi connectivity index (χ1) is 11.6. The van der Waals surface area contributed by atoms with Crippen LogP contribution >= 0.6 is 15.9 Å². The number of carbonyl (C=O) groups excluding carboxylic acids is 1. The third-order valence-corrected chi connectivity index (χ3v) is 3.99. The lowest BCUT2D eigenvalue weighted by Gasteiger charge is -2.10. The van der Waals surface area contributed by atoms with Gasteiger partial charge in [-0.3, -0.25) is 4.79 Å². The maximum absolute atomic E-state index is 14.1. The van der Waals surface area contributed by atoms with Gasteiger partial charge in [0.25, 0.3) is 5.91 Å². The van der Waals surface area contributed by atoms with E-state index in [4.69, 9.17) is 10.2 Å². The van der Waals surface area contributed by atoms with Crippen molar-refractivity contribution in [1.82, 2.24) is 0 Å². The van der Waals surface area contributed by atoms with Crippen molar-refractivity contribution in [3.05, 3.63) is 57.6 Å². The molecule has 9 heteroatoms. The van der Waals surface area contributed by atoms with Gasteiger partial charge in [0.15, 0.2) is 17.4 Å². The average molecular weight is 420 g/mol. The van der Waals surface area contributed by atoms with Crippen LogP contribution in [0.2, 0.25) is 0 Å². The van der Waals surface area contributed by atoms with Crippen molar-refractivity contribution in [3.63, 3.8) is 0 Å². The van der Waals surface area contributed by atoms with Crippen molar-refractivity contribution in [2.24, 2.45) is 5.73 Å². The summed E-state index contributed by atoms with van der Waals surface area (Å²) in [6, 6.07) is 4.79. The second-order valence-electron chi connectivity index (χ2n) is 5.13. The lowest BCUT2D eigenvalue weighted by Crippen LogP contribution is -2.12. The maximum Gasteiger partial charge on any atom is 0.416 e. The molecule has 0 aliphatic heterocycles. The van der Waals surface area contributed by atoms with Crippen molar-refractivity contribution in [3.8, 4) is 11.3 Å². The van der Waals surface area contributed by atoms with E-state index in [1.165, 1.54) is 18.2 Å². The van der Waals surface area contributed by atoms with Crippen molar-refractivity contribution in [1.29, 1.82) is 0 Å². The zero-order valence-electron chi connectivity index (χ0n) is 12.0. The molecule has 3 nitrogen and oxygen atoms in total. The fourth-order valence-electron chi connectivity index (χ4n) is 2.42. The summed E-state index contributed by atoms with van der Waals surface area (Å²) >= 11 is 3.16. The van der Waals surface area contributed by atoms with Gasteiger partial charge in [0.05, 0.1) is 16.7 Å². The third kappa shape index (κ3) is 2.99. The third-order valence-electron chi connectivity index (χ3n) is 3.50. The van der Waals surface area contributed by atoms with Gasteiger partial charge in [-0.25, -0.2) is 8.78 Å². The van der Waals surface area contributed by atoms with Crippen LogP contribution in [0.25, 0.3) is 22.3 Å². The highest BCUT2D eigenvalue weighted by Crippen LogP contribution is 2.39. The second kappa shape index (κ2) is 5.83. The van der Waals surface area contributed by atoms with Gasteiger partial charge in [0, 0.05) is 9.86 Å². The molecule has 25 heavy (non-hydrogen) atoms. The van der Waals surface area contributed by atoms with Crippen molar-refractivity contribution >= 4 is 32.8 Å². The summed E-state index contributed by atoms with van der Waals surface area (Å²) in [7, 11) is 0. The molecule has 0 fully saturated rings. The quantitative estimate of drug-likeness (QED) is 0.576. The molecule has 130 valence electrons. The average Bonchev–Trinajstić information content (AvgIpc) is 2.86. The number of hydrogen-bond donors (Lipinski definition) is 1. The molecule has 0 unspecified atom stereocenters. The molecular weight excluding hydrogens is 413 g/mol. The lowest BCUT2D eigenvalue weighted by molar-refractivity contribution is -0.137. The molecule has 2 aromatic carbocycles. The number of alkyl halides is 3. The molecule has 3 rings (SSSR count). The molecule has 0 bridgehead atoms. The number of hydrogen-bond acceptors (Lipinski definition) is 2. The SMILES string of the molecule is NC(=O)c1c(-c2cc(C(F)(F)F)cc(F)c2F)oc2cc(Br)ccc12. The van der Waals surface area contributed by atoms with E-state index >= 15 is 0 Å². The predicted octanol–water partition coefficient (Wildman–Crippen LogP) is 5.26. The maximum atomic E-state index is 14.1. The number of halogens is 6. The molecule has 0 saturated carbocycles. The number of primary amides is 1. The molecule has 1 aromatic heterocycles. The first-order valence-electron chi connectivity index (χ1n) is 6.68. The largest absolute Gasteiger partial charge is 0.455 e. The van der Waals surface area contributed by atoms with E-state index in [9.17, 15) is 26.7 Å². The van der Waals surface area contributed by atoms with E-state index < -0.39 is 40.6 Å². The summed E-state index contributed by atoms with van der Waals surface area (Å²) in [5.74, 6) is -4.91. The van der Waals surface area contributed by atoms with Gasteiger partial charge < -0.3 is 10.2 Å². The van der Waals surface area contributed by atoms with Crippen LogP contribution < -0.4 is 5.73 Å². The van der Waals surface area contributed by atoms with E-state index in [1.807, 2.05) is 0 Å². The normalized spacial score (nSPS) is 11.9. The smallest absolute Gasteiger partial charge is 0.416 e. The van der Waals surface area contributed by atoms with Gasteiger partial charge in [-0.05, 0) is 30.3 Å². The minimum Gasteiger partial charge on any atom is -0.455 e. The van der Waals surface area contributed by atoms with E-state index in [2.05, 4.69) is 15.9 Å². The van der Waals surface area contributed by atoms with E-state index in [-0.39, 0.29) is 22.6 Å². The number of carbonyl (C=O) groups is 1. The van der Waals surface area contributed by atoms with E-state index in [0.29, 0.717) is 10.5 Å². The van der Waals surface area contributed by atoms with Crippen LogP contribution in [0.4, 0.5) is 22.0 Å². The highest BCUT2D eigenvalue weighted by Gasteiger charge is 2.34. The van der Waals surface area contributed by atoms with Gasteiger partial charge in [0.2, 0.25) is 0 Å². The standard InChI is InChI=1S/C16H7BrF5NO2/c17-7-1-2-8-11(5-7)25-14(12(8)15(23)24)9-3-6(16(20,21)22)4-10(18)13(9)19/h1-5H,(H2,23,24). The van der Waals surface area contributed by atoms with Gasteiger partial charge >= 0.3 is 6.18 Å². The molecule has 0 saturated heterocycles. The highest BCUT2D eigenvalue weighted by molar-refractivity contribution is 9.10. The molecule has 0 spiro atoms. The number of benzene rings is 2. The van der Waals surface area contributed by atoms with E-state index in [1.54, 1.807) is 0 Å². The summed E-state index contributed by atoms with van der Waals surface area (Å²) in [5.41, 5.74) is 2.75. The second-order valence-corrected chi connectivity index (χ2v) is 6.04. The summed E-state index contributed by atoms with van der Waals surface area (Å²) in [6.07, 6.45) is -4.91. The van der Waals surface area contributed by atoms with Gasteiger partial charge in [-0.2, -0.15) is 13.2 Å². The van der Waals surface area contributed by atoms with Crippen molar-refractivity contribution in [2.45, 2.75) is 6.18 Å². The monoisotopic (exact) mass is 419 g/mol. The van der Waals surface area contributed by atoms with Crippen molar-refractivity contribution < 1.29 is 31.2 Å². The first kappa shape index (κ1) is 17.4. The molecule has 0 radical (unpaired) electrons. The number of rotatable bonds is 2. The van der Waals surface area contributed by atoms with Gasteiger partial charge in [0.1, 0.15) is 5.58 Å². The van der Waals surface area contributed by atoms with Crippen LogP contribution in [0.3, 0.4) is 0 Å². The Labute approximate surface area is 145 Å². The Kier molecular flexibility index (Phi) is 4.06. The molecule has 0 aliphatic rings. The Morgan fingerprint density at radius 3 is 2.40 bits per heavy atom. The summed E-state index contributed by atoms with van der Waals surface area (Å²) in [4.78, 5) is 11.7.